The number of carbonyl (C=O) groups excluding carboxylic acids is 1. The van der Waals surface area contributed by atoms with E-state index in [1.807, 2.05) is 24.3 Å². The number of fused-ring (bicyclic) bond motifs is 2. The number of aryl methyl sites for hydroxylation is 2. The second-order valence-electron chi connectivity index (χ2n) is 6.48. The van der Waals surface area contributed by atoms with Crippen molar-refractivity contribution in [1.82, 2.24) is 5.32 Å². The van der Waals surface area contributed by atoms with E-state index in [4.69, 9.17) is 21.1 Å². The number of nitrogens with one attached hydrogen (secondary N) is 1. The molecular weight excluding hydrogens is 338 g/mol. The molecule has 0 saturated heterocycles. The molecule has 25 heavy (non-hydrogen) atoms. The van der Waals surface area contributed by atoms with Crippen LogP contribution in [0.25, 0.3) is 0 Å². The van der Waals surface area contributed by atoms with Crippen LogP contribution in [0, 0.1) is 0 Å². The highest BCUT2D eigenvalue weighted by Crippen LogP contribution is 2.38. The Morgan fingerprint density at radius 3 is 2.80 bits per heavy atom. The summed E-state index contributed by atoms with van der Waals surface area (Å²) in [4.78, 5) is 12.4. The molecule has 1 aliphatic heterocycles. The molecule has 0 unspecified atom stereocenters. The highest BCUT2D eigenvalue weighted by atomic mass is 35.5. The van der Waals surface area contributed by atoms with E-state index in [-0.39, 0.29) is 5.91 Å². The third kappa shape index (κ3) is 3.45. The molecule has 2 aliphatic rings. The van der Waals surface area contributed by atoms with E-state index in [1.54, 1.807) is 0 Å². The third-order valence-corrected chi connectivity index (χ3v) is 4.96. The van der Waals surface area contributed by atoms with E-state index in [9.17, 15) is 4.79 Å². The van der Waals surface area contributed by atoms with Crippen LogP contribution in [-0.4, -0.2) is 19.1 Å². The van der Waals surface area contributed by atoms with Crippen LogP contribution in [0.1, 0.15) is 39.9 Å². The number of benzene rings is 2. The van der Waals surface area contributed by atoms with E-state index in [1.165, 1.54) is 17.5 Å². The van der Waals surface area contributed by atoms with Crippen molar-refractivity contribution in [2.45, 2.75) is 32.2 Å². The molecule has 4 rings (SSSR count). The van der Waals surface area contributed by atoms with E-state index in [0.717, 1.165) is 24.8 Å². The van der Waals surface area contributed by atoms with Crippen LogP contribution in [0.3, 0.4) is 0 Å². The average molecular weight is 358 g/mol. The summed E-state index contributed by atoms with van der Waals surface area (Å²) in [6.07, 6.45) is 4.19. The summed E-state index contributed by atoms with van der Waals surface area (Å²) in [5, 5.41) is 3.48. The van der Waals surface area contributed by atoms with Crippen molar-refractivity contribution in [2.75, 3.05) is 13.2 Å². The van der Waals surface area contributed by atoms with Crippen molar-refractivity contribution < 1.29 is 14.3 Å². The first-order valence-corrected chi connectivity index (χ1v) is 9.06. The molecule has 4 nitrogen and oxygen atoms in total. The molecule has 2 aromatic rings. The van der Waals surface area contributed by atoms with E-state index >= 15 is 0 Å². The Morgan fingerprint density at radius 1 is 1.04 bits per heavy atom. The Morgan fingerprint density at radius 2 is 1.88 bits per heavy atom. The van der Waals surface area contributed by atoms with Crippen molar-refractivity contribution in [3.63, 3.8) is 0 Å². The lowest BCUT2D eigenvalue weighted by Gasteiger charge is -2.12. The molecule has 2 aromatic carbocycles. The number of hydrogen-bond acceptors (Lipinski definition) is 3. The predicted octanol–water partition coefficient (Wildman–Crippen LogP) is 3.92. The van der Waals surface area contributed by atoms with Gasteiger partial charge in [0.15, 0.2) is 11.5 Å². The number of rotatable bonds is 3. The first kappa shape index (κ1) is 16.3. The van der Waals surface area contributed by atoms with Crippen molar-refractivity contribution in [3.8, 4) is 11.5 Å². The van der Waals surface area contributed by atoms with Gasteiger partial charge in [-0.2, -0.15) is 0 Å². The highest BCUT2D eigenvalue weighted by molar-refractivity contribution is 6.32. The zero-order valence-electron chi connectivity index (χ0n) is 13.9. The normalized spacial score (nSPS) is 15.4. The Balaban J connectivity index is 1.47. The fraction of sp³-hybridized carbons (Fsp3) is 0.350. The van der Waals surface area contributed by atoms with Gasteiger partial charge in [-0.05, 0) is 60.2 Å². The maximum atomic E-state index is 12.4. The average Bonchev–Trinajstić information content (AvgIpc) is 2.95. The second-order valence-corrected chi connectivity index (χ2v) is 6.88. The Kier molecular flexibility index (Phi) is 4.53. The lowest BCUT2D eigenvalue weighted by Crippen LogP contribution is -2.23. The maximum Gasteiger partial charge on any atom is 0.251 e. The summed E-state index contributed by atoms with van der Waals surface area (Å²) in [6, 6.07) is 9.69. The van der Waals surface area contributed by atoms with Crippen LogP contribution in [0.5, 0.6) is 11.5 Å². The number of halogens is 1. The summed E-state index contributed by atoms with van der Waals surface area (Å²) in [5.74, 6) is 1.16. The number of hydrogen-bond donors (Lipinski definition) is 1. The summed E-state index contributed by atoms with van der Waals surface area (Å²) >= 11 is 6.30. The number of carbonyl (C=O) groups is 1. The topological polar surface area (TPSA) is 47.6 Å². The minimum atomic E-state index is -0.0714. The van der Waals surface area contributed by atoms with Gasteiger partial charge in [0, 0.05) is 18.5 Å². The molecule has 1 amide bonds. The lowest BCUT2D eigenvalue weighted by molar-refractivity contribution is 0.0950. The van der Waals surface area contributed by atoms with Gasteiger partial charge in [0.2, 0.25) is 0 Å². The number of amides is 1. The van der Waals surface area contributed by atoms with Gasteiger partial charge < -0.3 is 14.8 Å². The second kappa shape index (κ2) is 6.96. The van der Waals surface area contributed by atoms with Gasteiger partial charge in [-0.3, -0.25) is 4.79 Å². The summed E-state index contributed by atoms with van der Waals surface area (Å²) in [7, 11) is 0. The lowest BCUT2D eigenvalue weighted by atomic mass is 10.1. The number of ether oxygens (including phenoxy) is 2. The van der Waals surface area contributed by atoms with E-state index in [0.29, 0.717) is 41.8 Å². The summed E-state index contributed by atoms with van der Waals surface area (Å²) < 4.78 is 11.3. The van der Waals surface area contributed by atoms with Crippen molar-refractivity contribution >= 4 is 17.5 Å². The van der Waals surface area contributed by atoms with E-state index in [2.05, 4.69) is 11.4 Å². The van der Waals surface area contributed by atoms with Crippen LogP contribution in [0.15, 0.2) is 30.3 Å². The summed E-state index contributed by atoms with van der Waals surface area (Å²) in [5.41, 5.74) is 4.27. The van der Waals surface area contributed by atoms with Gasteiger partial charge >= 0.3 is 0 Å². The van der Waals surface area contributed by atoms with Gasteiger partial charge in [0.05, 0.1) is 18.2 Å². The van der Waals surface area contributed by atoms with Crippen LogP contribution in [0.4, 0.5) is 0 Å². The monoisotopic (exact) mass is 357 g/mol. The quantitative estimate of drug-likeness (QED) is 0.905. The molecule has 5 heteroatoms. The molecule has 0 aromatic heterocycles. The van der Waals surface area contributed by atoms with Crippen LogP contribution < -0.4 is 14.8 Å². The maximum absolute atomic E-state index is 12.4. The van der Waals surface area contributed by atoms with E-state index < -0.39 is 0 Å². The smallest absolute Gasteiger partial charge is 0.251 e. The van der Waals surface area contributed by atoms with Gasteiger partial charge in [-0.25, -0.2) is 0 Å². The largest absolute Gasteiger partial charge is 0.489 e. The minimum Gasteiger partial charge on any atom is -0.489 e. The Labute approximate surface area is 152 Å². The fourth-order valence-corrected chi connectivity index (χ4v) is 3.67. The standard InChI is InChI=1S/C20H20ClNO3/c21-17-9-13(10-18-19(17)25-8-2-7-24-18)12-22-20(23)16-6-5-14-3-1-4-15(14)11-16/h5-6,9-11H,1-4,7-8,12H2,(H,22,23). The highest BCUT2D eigenvalue weighted by Gasteiger charge is 2.17. The molecule has 0 spiro atoms. The molecular formula is C20H20ClNO3. The molecule has 0 atom stereocenters. The van der Waals surface area contributed by atoms with Crippen molar-refractivity contribution in [2.24, 2.45) is 0 Å². The molecule has 0 radical (unpaired) electrons. The Hall–Kier alpha value is -2.20. The molecule has 130 valence electrons. The van der Waals surface area contributed by atoms with Gasteiger partial charge in [-0.1, -0.05) is 17.7 Å². The first-order valence-electron chi connectivity index (χ1n) is 8.69. The molecule has 1 heterocycles. The van der Waals surface area contributed by atoms with Gasteiger partial charge in [0.1, 0.15) is 0 Å². The minimum absolute atomic E-state index is 0.0714. The van der Waals surface area contributed by atoms with Crippen LogP contribution in [-0.2, 0) is 19.4 Å². The zero-order valence-corrected chi connectivity index (χ0v) is 14.7. The SMILES string of the molecule is O=C(NCc1cc(Cl)c2c(c1)OCCCO2)c1ccc2c(c1)CCC2. The first-order chi connectivity index (χ1) is 12.2. The molecule has 1 aliphatic carbocycles. The van der Waals surface area contributed by atoms with Gasteiger partial charge in [0.25, 0.3) is 5.91 Å². The molecule has 0 fully saturated rings. The van der Waals surface area contributed by atoms with Crippen LogP contribution in [0.2, 0.25) is 5.02 Å². The third-order valence-electron chi connectivity index (χ3n) is 4.68. The predicted molar refractivity (Wildman–Crippen MR) is 96.7 cm³/mol. The van der Waals surface area contributed by atoms with Crippen molar-refractivity contribution in [1.29, 1.82) is 0 Å². The van der Waals surface area contributed by atoms with Crippen LogP contribution >= 0.6 is 11.6 Å². The van der Waals surface area contributed by atoms with Gasteiger partial charge in [-0.15, -0.1) is 0 Å². The zero-order chi connectivity index (χ0) is 17.2. The molecule has 0 saturated carbocycles. The molecule has 1 N–H and O–H groups in total. The fourth-order valence-electron chi connectivity index (χ4n) is 3.38. The van der Waals surface area contributed by atoms with Crippen molar-refractivity contribution in [3.05, 3.63) is 57.6 Å². The summed E-state index contributed by atoms with van der Waals surface area (Å²) in [6.45, 7) is 1.60. The Bertz CT molecular complexity index is 819. The molecule has 0 bridgehead atoms.